The first-order chi connectivity index (χ1) is 6.27. The Morgan fingerprint density at radius 2 is 2.23 bits per heavy atom. The second-order valence-electron chi connectivity index (χ2n) is 3.67. The largest absolute Gasteiger partial charge is 0.314 e. The van der Waals surface area contributed by atoms with E-state index in [1.54, 1.807) is 0 Å². The standard InChI is InChI=1S/C9H14BrN3/c1-3-13-8(5-10)11-12-9(13)7-4-6(7)2/h6-7H,3-5H2,1-2H3. The minimum Gasteiger partial charge on any atom is -0.314 e. The van der Waals surface area contributed by atoms with Crippen LogP contribution in [0, 0.1) is 5.92 Å². The lowest BCUT2D eigenvalue weighted by atomic mass is 10.3. The van der Waals surface area contributed by atoms with Crippen molar-refractivity contribution in [3.05, 3.63) is 11.6 Å². The summed E-state index contributed by atoms with van der Waals surface area (Å²) < 4.78 is 2.23. The van der Waals surface area contributed by atoms with Crippen LogP contribution in [-0.4, -0.2) is 14.8 Å². The summed E-state index contributed by atoms with van der Waals surface area (Å²) in [5, 5.41) is 9.22. The highest BCUT2D eigenvalue weighted by Gasteiger charge is 2.38. The van der Waals surface area contributed by atoms with Crippen LogP contribution >= 0.6 is 15.9 Å². The summed E-state index contributed by atoms with van der Waals surface area (Å²) in [6.07, 6.45) is 1.28. The van der Waals surface area contributed by atoms with Gasteiger partial charge in [0.05, 0.1) is 5.33 Å². The highest BCUT2D eigenvalue weighted by molar-refractivity contribution is 9.08. The molecule has 0 N–H and O–H groups in total. The molecule has 1 aliphatic carbocycles. The summed E-state index contributed by atoms with van der Waals surface area (Å²) in [6.45, 7) is 5.39. The van der Waals surface area contributed by atoms with Crippen molar-refractivity contribution in [1.29, 1.82) is 0 Å². The third-order valence-electron chi connectivity index (χ3n) is 2.73. The van der Waals surface area contributed by atoms with Crippen LogP contribution in [0.3, 0.4) is 0 Å². The Kier molecular flexibility index (Phi) is 2.41. The Labute approximate surface area is 86.7 Å². The molecule has 0 radical (unpaired) electrons. The van der Waals surface area contributed by atoms with Crippen LogP contribution in [0.15, 0.2) is 0 Å². The molecular weight excluding hydrogens is 230 g/mol. The monoisotopic (exact) mass is 243 g/mol. The summed E-state index contributed by atoms with van der Waals surface area (Å²) in [4.78, 5) is 0. The fourth-order valence-electron chi connectivity index (χ4n) is 1.75. The molecule has 1 heterocycles. The van der Waals surface area contributed by atoms with Gasteiger partial charge < -0.3 is 4.57 Å². The first kappa shape index (κ1) is 9.19. The summed E-state index contributed by atoms with van der Waals surface area (Å²) >= 11 is 3.42. The van der Waals surface area contributed by atoms with Gasteiger partial charge in [-0.2, -0.15) is 0 Å². The highest BCUT2D eigenvalue weighted by Crippen LogP contribution is 2.46. The van der Waals surface area contributed by atoms with Gasteiger partial charge in [0.1, 0.15) is 11.6 Å². The van der Waals surface area contributed by atoms with Crippen molar-refractivity contribution >= 4 is 15.9 Å². The number of nitrogens with zero attached hydrogens (tertiary/aromatic N) is 3. The number of halogens is 1. The Hall–Kier alpha value is -0.380. The average molecular weight is 244 g/mol. The van der Waals surface area contributed by atoms with Gasteiger partial charge in [0.25, 0.3) is 0 Å². The van der Waals surface area contributed by atoms with Gasteiger partial charge in [-0.05, 0) is 19.3 Å². The summed E-state index contributed by atoms with van der Waals surface area (Å²) in [7, 11) is 0. The Morgan fingerprint density at radius 3 is 2.69 bits per heavy atom. The van der Waals surface area contributed by atoms with Crippen LogP contribution in [0.25, 0.3) is 0 Å². The minimum absolute atomic E-state index is 0.667. The van der Waals surface area contributed by atoms with Crippen LogP contribution in [-0.2, 0) is 11.9 Å². The summed E-state index contributed by atoms with van der Waals surface area (Å²) in [5.74, 6) is 3.71. The molecule has 0 aromatic carbocycles. The lowest BCUT2D eigenvalue weighted by Gasteiger charge is -2.04. The van der Waals surface area contributed by atoms with Crippen LogP contribution < -0.4 is 0 Å². The average Bonchev–Trinajstić information content (AvgIpc) is 2.72. The van der Waals surface area contributed by atoms with Gasteiger partial charge in [-0.3, -0.25) is 0 Å². The topological polar surface area (TPSA) is 30.7 Å². The first-order valence-corrected chi connectivity index (χ1v) is 5.88. The molecule has 0 amide bonds. The van der Waals surface area contributed by atoms with E-state index in [2.05, 4.69) is 44.5 Å². The van der Waals surface area contributed by atoms with E-state index in [9.17, 15) is 0 Å². The fourth-order valence-corrected chi connectivity index (χ4v) is 2.16. The molecule has 3 nitrogen and oxygen atoms in total. The zero-order valence-corrected chi connectivity index (χ0v) is 9.58. The van der Waals surface area contributed by atoms with E-state index in [0.717, 1.165) is 23.6 Å². The fraction of sp³-hybridized carbons (Fsp3) is 0.778. The normalized spacial score (nSPS) is 26.4. The van der Waals surface area contributed by atoms with E-state index in [-0.39, 0.29) is 0 Å². The predicted molar refractivity (Wildman–Crippen MR) is 54.8 cm³/mol. The molecule has 13 heavy (non-hydrogen) atoms. The maximum absolute atomic E-state index is 4.25. The van der Waals surface area contributed by atoms with Gasteiger partial charge in [0.15, 0.2) is 0 Å². The van der Waals surface area contributed by atoms with E-state index >= 15 is 0 Å². The molecule has 1 aliphatic rings. The molecule has 1 aromatic rings. The number of alkyl halides is 1. The molecule has 1 saturated carbocycles. The lowest BCUT2D eigenvalue weighted by Crippen LogP contribution is -2.04. The van der Waals surface area contributed by atoms with Crippen LogP contribution in [0.2, 0.25) is 0 Å². The third-order valence-corrected chi connectivity index (χ3v) is 3.23. The summed E-state index contributed by atoms with van der Waals surface area (Å²) in [6, 6.07) is 0. The molecule has 2 rings (SSSR count). The number of rotatable bonds is 3. The molecule has 1 aromatic heterocycles. The van der Waals surface area contributed by atoms with Gasteiger partial charge in [-0.1, -0.05) is 22.9 Å². The van der Waals surface area contributed by atoms with E-state index in [4.69, 9.17) is 0 Å². The van der Waals surface area contributed by atoms with E-state index in [1.807, 2.05) is 0 Å². The zero-order chi connectivity index (χ0) is 9.42. The van der Waals surface area contributed by atoms with Gasteiger partial charge >= 0.3 is 0 Å². The first-order valence-electron chi connectivity index (χ1n) is 4.75. The molecular formula is C9H14BrN3. The number of aromatic nitrogens is 3. The summed E-state index contributed by atoms with van der Waals surface area (Å²) in [5.41, 5.74) is 0. The zero-order valence-electron chi connectivity index (χ0n) is 8.00. The van der Waals surface area contributed by atoms with Crippen molar-refractivity contribution in [1.82, 2.24) is 14.8 Å². The van der Waals surface area contributed by atoms with Crippen molar-refractivity contribution in [3.63, 3.8) is 0 Å². The number of hydrogen-bond donors (Lipinski definition) is 0. The molecule has 72 valence electrons. The molecule has 0 bridgehead atoms. The lowest BCUT2D eigenvalue weighted by molar-refractivity contribution is 0.667. The number of hydrogen-bond acceptors (Lipinski definition) is 2. The molecule has 0 aliphatic heterocycles. The SMILES string of the molecule is CCn1c(CBr)nnc1C1CC1C. The Balaban J connectivity index is 2.29. The minimum atomic E-state index is 0.667. The van der Waals surface area contributed by atoms with Gasteiger partial charge in [0, 0.05) is 12.5 Å². The maximum atomic E-state index is 4.25. The predicted octanol–water partition coefficient (Wildman–Crippen LogP) is 2.32. The van der Waals surface area contributed by atoms with Crippen molar-refractivity contribution in [2.45, 2.75) is 38.1 Å². The Morgan fingerprint density at radius 1 is 1.54 bits per heavy atom. The molecule has 0 spiro atoms. The van der Waals surface area contributed by atoms with Gasteiger partial charge in [0.2, 0.25) is 0 Å². The Bertz CT molecular complexity index is 308. The second kappa shape index (κ2) is 3.40. The van der Waals surface area contributed by atoms with Crippen molar-refractivity contribution in [2.75, 3.05) is 0 Å². The molecule has 0 saturated heterocycles. The third kappa shape index (κ3) is 1.52. The van der Waals surface area contributed by atoms with E-state index in [1.165, 1.54) is 12.2 Å². The van der Waals surface area contributed by atoms with Gasteiger partial charge in [-0.25, -0.2) is 0 Å². The second-order valence-corrected chi connectivity index (χ2v) is 4.23. The van der Waals surface area contributed by atoms with Crippen molar-refractivity contribution < 1.29 is 0 Å². The van der Waals surface area contributed by atoms with Gasteiger partial charge in [-0.15, -0.1) is 10.2 Å². The molecule has 1 fully saturated rings. The molecule has 4 heteroatoms. The maximum Gasteiger partial charge on any atom is 0.143 e. The smallest absolute Gasteiger partial charge is 0.143 e. The quantitative estimate of drug-likeness (QED) is 0.764. The van der Waals surface area contributed by atoms with Crippen molar-refractivity contribution in [2.24, 2.45) is 5.92 Å². The van der Waals surface area contributed by atoms with E-state index in [0.29, 0.717) is 5.92 Å². The van der Waals surface area contributed by atoms with Crippen molar-refractivity contribution in [3.8, 4) is 0 Å². The van der Waals surface area contributed by atoms with Crippen LogP contribution in [0.5, 0.6) is 0 Å². The van der Waals surface area contributed by atoms with Crippen LogP contribution in [0.4, 0.5) is 0 Å². The molecule has 2 unspecified atom stereocenters. The highest BCUT2D eigenvalue weighted by atomic mass is 79.9. The van der Waals surface area contributed by atoms with Crippen LogP contribution in [0.1, 0.15) is 37.8 Å². The van der Waals surface area contributed by atoms with E-state index < -0.39 is 0 Å². The molecule has 2 atom stereocenters.